The van der Waals surface area contributed by atoms with Crippen LogP contribution in [-0.2, 0) is 42.6 Å². The van der Waals surface area contributed by atoms with Crippen molar-refractivity contribution in [3.05, 3.63) is 60.7 Å². The Morgan fingerprint density at radius 3 is 1.55 bits per heavy atom. The molecular weight excluding hydrogens is 621 g/mol. The lowest BCUT2D eigenvalue weighted by Crippen LogP contribution is -2.67. The number of thioether (sulfide) groups is 2. The van der Waals surface area contributed by atoms with Gasteiger partial charge in [0.25, 0.3) is 8.32 Å². The van der Waals surface area contributed by atoms with Crippen LogP contribution in [0, 0.1) is 0 Å². The first-order valence-electron chi connectivity index (χ1n) is 14.4. The second-order valence-electron chi connectivity index (χ2n) is 11.5. The van der Waals surface area contributed by atoms with Gasteiger partial charge in [0.2, 0.25) is 0 Å². The van der Waals surface area contributed by atoms with Crippen LogP contribution in [0.5, 0.6) is 0 Å². The Morgan fingerprint density at radius 2 is 1.14 bits per heavy atom. The number of ether oxygens (including phenoxy) is 4. The summed E-state index contributed by atoms with van der Waals surface area (Å²) in [6.07, 6.45) is -4.83. The number of benzene rings is 2. The van der Waals surface area contributed by atoms with E-state index in [-0.39, 0.29) is 11.2 Å². The topological polar surface area (TPSA) is 114 Å². The Morgan fingerprint density at radius 1 is 0.705 bits per heavy atom. The van der Waals surface area contributed by atoms with Crippen LogP contribution in [0.1, 0.15) is 48.5 Å². The zero-order chi connectivity index (χ0) is 32.5. The molecular formula is C32H42O9S2Si. The predicted octanol–water partition coefficient (Wildman–Crippen LogP) is 4.10. The predicted molar refractivity (Wildman–Crippen MR) is 174 cm³/mol. The highest BCUT2D eigenvalue weighted by atomic mass is 32.2. The van der Waals surface area contributed by atoms with E-state index in [1.165, 1.54) is 27.7 Å². The van der Waals surface area contributed by atoms with Crippen LogP contribution >= 0.6 is 23.5 Å². The molecule has 3 rings (SSSR count). The van der Waals surface area contributed by atoms with E-state index < -0.39 is 61.6 Å². The first-order chi connectivity index (χ1) is 20.8. The van der Waals surface area contributed by atoms with Crippen molar-refractivity contribution in [2.75, 3.05) is 18.1 Å². The van der Waals surface area contributed by atoms with E-state index in [0.29, 0.717) is 0 Å². The van der Waals surface area contributed by atoms with Gasteiger partial charge in [0.1, 0.15) is 0 Å². The molecule has 1 heterocycles. The molecule has 0 amide bonds. The minimum atomic E-state index is -3.13. The van der Waals surface area contributed by atoms with Crippen LogP contribution in [0.2, 0.25) is 5.04 Å². The quantitative estimate of drug-likeness (QED) is 0.176. The summed E-state index contributed by atoms with van der Waals surface area (Å²) in [6, 6.07) is 19.8. The fourth-order valence-electron chi connectivity index (χ4n) is 5.47. The number of carbonyl (C=O) groups excluding carboxylic acids is 4. The van der Waals surface area contributed by atoms with Gasteiger partial charge in [0, 0.05) is 39.2 Å². The van der Waals surface area contributed by atoms with Crippen LogP contribution in [0.4, 0.5) is 0 Å². The van der Waals surface area contributed by atoms with Gasteiger partial charge in [-0.3, -0.25) is 19.2 Å². The molecule has 0 saturated carbocycles. The van der Waals surface area contributed by atoms with Crippen molar-refractivity contribution in [2.45, 2.75) is 82.5 Å². The zero-order valence-corrected chi connectivity index (χ0v) is 28.9. The Hall–Kier alpha value is -2.80. The SMILES string of the molecule is CC(=O)O[C@H]([C@H](OC(C)=O)[C@@H](OC(C)=O)C1SCCS1)[C@@H](CO[Si](c1ccccc1)(c1ccccc1)C(C)(C)C)OC(C)=O. The Kier molecular flexibility index (Phi) is 12.9. The molecule has 1 fully saturated rings. The lowest BCUT2D eigenvalue weighted by molar-refractivity contribution is -0.199. The molecule has 44 heavy (non-hydrogen) atoms. The van der Waals surface area contributed by atoms with Crippen molar-refractivity contribution in [2.24, 2.45) is 0 Å². The largest absolute Gasteiger partial charge is 0.456 e. The van der Waals surface area contributed by atoms with Crippen LogP contribution in [0.25, 0.3) is 0 Å². The molecule has 9 nitrogen and oxygen atoms in total. The fourth-order valence-corrected chi connectivity index (χ4v) is 13.0. The summed E-state index contributed by atoms with van der Waals surface area (Å²) < 4.78 is 29.8. The lowest BCUT2D eigenvalue weighted by Gasteiger charge is -2.44. The fraction of sp³-hybridized carbons (Fsp3) is 0.500. The van der Waals surface area contributed by atoms with Crippen LogP contribution in [-0.4, -0.2) is 79.3 Å². The molecule has 0 unspecified atom stereocenters. The molecule has 0 bridgehead atoms. The van der Waals surface area contributed by atoms with Gasteiger partial charge >= 0.3 is 23.9 Å². The molecule has 2 aromatic rings. The summed E-state index contributed by atoms with van der Waals surface area (Å²) in [5.74, 6) is -1.01. The summed E-state index contributed by atoms with van der Waals surface area (Å²) in [5.41, 5.74) is 0. The molecule has 1 aliphatic rings. The van der Waals surface area contributed by atoms with Crippen molar-refractivity contribution in [1.29, 1.82) is 0 Å². The van der Waals surface area contributed by atoms with Crippen molar-refractivity contribution >= 4 is 66.1 Å². The molecule has 0 aromatic heterocycles. The monoisotopic (exact) mass is 662 g/mol. The molecule has 2 aromatic carbocycles. The van der Waals surface area contributed by atoms with E-state index in [4.69, 9.17) is 23.4 Å². The Balaban J connectivity index is 2.17. The van der Waals surface area contributed by atoms with Gasteiger partial charge in [-0.25, -0.2) is 0 Å². The zero-order valence-electron chi connectivity index (χ0n) is 26.3. The second-order valence-corrected chi connectivity index (χ2v) is 18.6. The van der Waals surface area contributed by atoms with Crippen LogP contribution < -0.4 is 10.4 Å². The normalized spacial score (nSPS) is 16.7. The number of carbonyl (C=O) groups is 4. The van der Waals surface area contributed by atoms with E-state index in [0.717, 1.165) is 21.9 Å². The van der Waals surface area contributed by atoms with Crippen LogP contribution in [0.15, 0.2) is 60.7 Å². The van der Waals surface area contributed by atoms with Gasteiger partial charge in [0.05, 0.1) is 11.2 Å². The maximum Gasteiger partial charge on any atom is 0.303 e. The third-order valence-electron chi connectivity index (χ3n) is 7.03. The molecule has 0 radical (unpaired) electrons. The molecule has 0 aliphatic carbocycles. The van der Waals surface area contributed by atoms with E-state index in [9.17, 15) is 19.2 Å². The third-order valence-corrected chi connectivity index (χ3v) is 15.2. The Labute approximate surface area is 269 Å². The number of hydrogen-bond donors (Lipinski definition) is 0. The molecule has 12 heteroatoms. The smallest absolute Gasteiger partial charge is 0.303 e. The van der Waals surface area contributed by atoms with Crippen molar-refractivity contribution < 1.29 is 42.6 Å². The molecule has 4 atom stereocenters. The van der Waals surface area contributed by atoms with Gasteiger partial charge in [-0.2, -0.15) is 0 Å². The lowest BCUT2D eigenvalue weighted by atomic mass is 10.0. The van der Waals surface area contributed by atoms with Crippen molar-refractivity contribution in [1.82, 2.24) is 0 Å². The highest BCUT2D eigenvalue weighted by Gasteiger charge is 2.53. The van der Waals surface area contributed by atoms with Crippen LogP contribution in [0.3, 0.4) is 0 Å². The number of hydrogen-bond acceptors (Lipinski definition) is 11. The summed E-state index contributed by atoms with van der Waals surface area (Å²) in [6.45, 7) is 11.1. The molecule has 1 saturated heterocycles. The Bertz CT molecular complexity index is 1220. The second kappa shape index (κ2) is 16.0. The first kappa shape index (κ1) is 35.7. The summed E-state index contributed by atoms with van der Waals surface area (Å²) in [5, 5.41) is 1.59. The van der Waals surface area contributed by atoms with E-state index in [2.05, 4.69) is 20.8 Å². The standard InChI is InChI=1S/C32H42O9S2Si/c1-21(33)38-27(20-37-44(32(5,6)7,25-14-10-8-11-15-25)26-16-12-9-13-17-26)28(39-22(2)34)29(40-23(3)35)30(41-24(4)36)31-42-18-19-43-31/h8-17,27-31H,18-20H2,1-7H3/t27-,28+,29+,30-/m1/s1. The van der Waals surface area contributed by atoms with Crippen molar-refractivity contribution in [3.63, 3.8) is 0 Å². The van der Waals surface area contributed by atoms with Gasteiger partial charge in [-0.1, -0.05) is 81.4 Å². The minimum Gasteiger partial charge on any atom is -0.456 e. The summed E-state index contributed by atoms with van der Waals surface area (Å²) in [4.78, 5) is 49.8. The third kappa shape index (κ3) is 9.12. The average molecular weight is 663 g/mol. The molecule has 0 spiro atoms. The van der Waals surface area contributed by atoms with Gasteiger partial charge in [-0.05, 0) is 15.4 Å². The van der Waals surface area contributed by atoms with E-state index >= 15 is 0 Å². The van der Waals surface area contributed by atoms with Gasteiger partial charge in [-0.15, -0.1) is 23.5 Å². The first-order valence-corrected chi connectivity index (χ1v) is 18.4. The highest BCUT2D eigenvalue weighted by molar-refractivity contribution is 8.20. The maximum absolute atomic E-state index is 12.6. The van der Waals surface area contributed by atoms with Crippen molar-refractivity contribution in [3.8, 4) is 0 Å². The highest BCUT2D eigenvalue weighted by Crippen LogP contribution is 2.40. The maximum atomic E-state index is 12.6. The minimum absolute atomic E-state index is 0.194. The summed E-state index contributed by atoms with van der Waals surface area (Å²) >= 11 is 3.09. The number of esters is 4. The molecule has 240 valence electrons. The van der Waals surface area contributed by atoms with Gasteiger partial charge < -0.3 is 23.4 Å². The summed E-state index contributed by atoms with van der Waals surface area (Å²) in [7, 11) is -3.13. The van der Waals surface area contributed by atoms with Gasteiger partial charge in [0.15, 0.2) is 24.4 Å². The average Bonchev–Trinajstić information content (AvgIpc) is 3.48. The molecule has 1 aliphatic heterocycles. The van der Waals surface area contributed by atoms with E-state index in [1.54, 1.807) is 23.5 Å². The molecule has 0 N–H and O–H groups in total. The number of rotatable bonds is 13. The van der Waals surface area contributed by atoms with E-state index in [1.807, 2.05) is 60.7 Å².